The largest absolute Gasteiger partial charge is 0.496 e. The van der Waals surface area contributed by atoms with E-state index in [1.54, 1.807) is 25.4 Å². The molecule has 27 heavy (non-hydrogen) atoms. The zero-order chi connectivity index (χ0) is 19.2. The Hall–Kier alpha value is -3.34. The molecule has 5 nitrogen and oxygen atoms in total. The molecule has 0 fully saturated rings. The van der Waals surface area contributed by atoms with Gasteiger partial charge in [-0.2, -0.15) is 0 Å². The molecule has 2 N–H and O–H groups in total. The third kappa shape index (κ3) is 4.85. The molecule has 0 radical (unpaired) electrons. The lowest BCUT2D eigenvalue weighted by molar-refractivity contribution is 0.102. The summed E-state index contributed by atoms with van der Waals surface area (Å²) >= 11 is 0. The number of anilines is 2. The highest BCUT2D eigenvalue weighted by molar-refractivity contribution is 6.04. The molecule has 0 spiro atoms. The number of methoxy groups -OCH3 is 1. The molecule has 0 aliphatic carbocycles. The number of benzene rings is 2. The standard InChI is InChI=1S/C22H23N3O2/c1-15-10-16(2)12-19(11-15)25-22(26)17-8-9-23-21(13-17)24-14-18-6-4-5-7-20(18)27-3/h4-13H,14H2,1-3H3,(H,23,24)(H,25,26). The van der Waals surface area contributed by atoms with E-state index in [0.29, 0.717) is 17.9 Å². The molecule has 1 aromatic heterocycles. The Morgan fingerprint density at radius 1 is 1.04 bits per heavy atom. The highest BCUT2D eigenvalue weighted by Crippen LogP contribution is 2.19. The summed E-state index contributed by atoms with van der Waals surface area (Å²) < 4.78 is 5.36. The molecule has 3 rings (SSSR count). The lowest BCUT2D eigenvalue weighted by Gasteiger charge is -2.11. The molecule has 0 unspecified atom stereocenters. The van der Waals surface area contributed by atoms with Crippen molar-refractivity contribution in [3.05, 3.63) is 83.0 Å². The van der Waals surface area contributed by atoms with Gasteiger partial charge >= 0.3 is 0 Å². The van der Waals surface area contributed by atoms with Gasteiger partial charge in [-0.05, 0) is 55.3 Å². The van der Waals surface area contributed by atoms with E-state index in [9.17, 15) is 4.79 Å². The quantitative estimate of drug-likeness (QED) is 0.675. The van der Waals surface area contributed by atoms with Crippen molar-refractivity contribution in [3.63, 3.8) is 0 Å². The van der Waals surface area contributed by atoms with Crippen LogP contribution in [-0.2, 0) is 6.54 Å². The van der Waals surface area contributed by atoms with Gasteiger partial charge in [0.2, 0.25) is 0 Å². The van der Waals surface area contributed by atoms with Crippen molar-refractivity contribution in [1.29, 1.82) is 0 Å². The summed E-state index contributed by atoms with van der Waals surface area (Å²) in [5.41, 5.74) is 4.58. The normalized spacial score (nSPS) is 10.3. The molecular formula is C22H23N3O2. The Labute approximate surface area is 159 Å². The second-order valence-electron chi connectivity index (χ2n) is 6.43. The summed E-state index contributed by atoms with van der Waals surface area (Å²) in [4.78, 5) is 16.9. The first-order chi connectivity index (χ1) is 13.0. The Morgan fingerprint density at radius 3 is 2.52 bits per heavy atom. The molecule has 1 heterocycles. The molecule has 1 amide bonds. The van der Waals surface area contributed by atoms with Crippen molar-refractivity contribution >= 4 is 17.4 Å². The fourth-order valence-electron chi connectivity index (χ4n) is 2.95. The third-order valence-electron chi connectivity index (χ3n) is 4.15. The number of hydrogen-bond donors (Lipinski definition) is 2. The van der Waals surface area contributed by atoms with Crippen LogP contribution in [0.5, 0.6) is 5.75 Å². The van der Waals surface area contributed by atoms with Crippen LogP contribution in [0, 0.1) is 13.8 Å². The zero-order valence-corrected chi connectivity index (χ0v) is 15.7. The summed E-state index contributed by atoms with van der Waals surface area (Å²) in [6.45, 7) is 4.57. The van der Waals surface area contributed by atoms with Gasteiger partial charge in [-0.25, -0.2) is 4.98 Å². The van der Waals surface area contributed by atoms with Crippen molar-refractivity contribution < 1.29 is 9.53 Å². The van der Waals surface area contributed by atoms with E-state index in [0.717, 1.165) is 28.1 Å². The Balaban J connectivity index is 1.70. The number of rotatable bonds is 6. The predicted molar refractivity (Wildman–Crippen MR) is 108 cm³/mol. The maximum absolute atomic E-state index is 12.6. The highest BCUT2D eigenvalue weighted by atomic mass is 16.5. The molecule has 0 aliphatic rings. The summed E-state index contributed by atoms with van der Waals surface area (Å²) in [7, 11) is 1.65. The number of aromatic nitrogens is 1. The minimum absolute atomic E-state index is 0.164. The zero-order valence-electron chi connectivity index (χ0n) is 15.7. The average molecular weight is 361 g/mol. The van der Waals surface area contributed by atoms with Gasteiger partial charge in [0.15, 0.2) is 0 Å². The molecule has 138 valence electrons. The molecule has 2 aromatic carbocycles. The number of carbonyl (C=O) groups is 1. The molecule has 0 saturated heterocycles. The minimum atomic E-state index is -0.164. The first-order valence-electron chi connectivity index (χ1n) is 8.76. The summed E-state index contributed by atoms with van der Waals surface area (Å²) in [5, 5.41) is 6.19. The molecule has 3 aromatic rings. The van der Waals surface area contributed by atoms with Crippen LogP contribution in [0.1, 0.15) is 27.0 Å². The molecule has 5 heteroatoms. The van der Waals surface area contributed by atoms with Crippen molar-refractivity contribution in [3.8, 4) is 5.75 Å². The SMILES string of the molecule is COc1ccccc1CNc1cc(C(=O)Nc2cc(C)cc(C)c2)ccn1. The van der Waals surface area contributed by atoms with Crippen LogP contribution in [0.25, 0.3) is 0 Å². The number of carbonyl (C=O) groups excluding carboxylic acids is 1. The maximum atomic E-state index is 12.6. The van der Waals surface area contributed by atoms with Crippen molar-refractivity contribution in [1.82, 2.24) is 4.98 Å². The van der Waals surface area contributed by atoms with Crippen LogP contribution in [0.2, 0.25) is 0 Å². The third-order valence-corrected chi connectivity index (χ3v) is 4.15. The van der Waals surface area contributed by atoms with Crippen LogP contribution in [0.15, 0.2) is 60.8 Å². The molecule has 0 aliphatic heterocycles. The number of nitrogens with zero attached hydrogens (tertiary/aromatic N) is 1. The molecule has 0 bridgehead atoms. The fourth-order valence-corrected chi connectivity index (χ4v) is 2.95. The van der Waals surface area contributed by atoms with Crippen LogP contribution >= 0.6 is 0 Å². The fraction of sp³-hybridized carbons (Fsp3) is 0.182. The number of nitrogens with one attached hydrogen (secondary N) is 2. The van der Waals surface area contributed by atoms with Gasteiger partial charge in [0.05, 0.1) is 7.11 Å². The average Bonchev–Trinajstić information content (AvgIpc) is 2.66. The highest BCUT2D eigenvalue weighted by Gasteiger charge is 2.09. The summed E-state index contributed by atoms with van der Waals surface area (Å²) in [6.07, 6.45) is 1.63. The van der Waals surface area contributed by atoms with E-state index in [-0.39, 0.29) is 5.91 Å². The maximum Gasteiger partial charge on any atom is 0.255 e. The van der Waals surface area contributed by atoms with Crippen molar-refractivity contribution in [2.24, 2.45) is 0 Å². The van der Waals surface area contributed by atoms with E-state index in [4.69, 9.17) is 4.74 Å². The first kappa shape index (κ1) is 18.5. The van der Waals surface area contributed by atoms with E-state index in [1.807, 2.05) is 50.2 Å². The number of amides is 1. The van der Waals surface area contributed by atoms with Crippen LogP contribution in [0.4, 0.5) is 11.5 Å². The molecular weight excluding hydrogens is 338 g/mol. The smallest absolute Gasteiger partial charge is 0.255 e. The number of pyridine rings is 1. The number of hydrogen-bond acceptors (Lipinski definition) is 4. The van der Waals surface area contributed by atoms with Gasteiger partial charge < -0.3 is 15.4 Å². The van der Waals surface area contributed by atoms with Crippen LogP contribution < -0.4 is 15.4 Å². The topological polar surface area (TPSA) is 63.2 Å². The molecule has 0 saturated carbocycles. The van der Waals surface area contributed by atoms with Crippen molar-refractivity contribution in [2.75, 3.05) is 17.7 Å². The number of aryl methyl sites for hydroxylation is 2. The van der Waals surface area contributed by atoms with E-state index < -0.39 is 0 Å². The van der Waals surface area contributed by atoms with E-state index in [2.05, 4.69) is 21.7 Å². The summed E-state index contributed by atoms with van der Waals surface area (Å²) in [5.74, 6) is 1.28. The van der Waals surface area contributed by atoms with Gasteiger partial charge in [0, 0.05) is 29.6 Å². The van der Waals surface area contributed by atoms with Gasteiger partial charge in [-0.15, -0.1) is 0 Å². The Kier molecular flexibility index (Phi) is 5.71. The Morgan fingerprint density at radius 2 is 1.78 bits per heavy atom. The monoisotopic (exact) mass is 361 g/mol. The lowest BCUT2D eigenvalue weighted by atomic mass is 10.1. The number of para-hydroxylation sites is 1. The van der Waals surface area contributed by atoms with Gasteiger partial charge in [-0.3, -0.25) is 4.79 Å². The van der Waals surface area contributed by atoms with Gasteiger partial charge in [-0.1, -0.05) is 24.3 Å². The Bertz CT molecular complexity index is 934. The van der Waals surface area contributed by atoms with Crippen molar-refractivity contribution in [2.45, 2.75) is 20.4 Å². The second-order valence-corrected chi connectivity index (χ2v) is 6.43. The lowest BCUT2D eigenvalue weighted by Crippen LogP contribution is -2.13. The van der Waals surface area contributed by atoms with Crippen LogP contribution in [-0.4, -0.2) is 18.0 Å². The second kappa shape index (κ2) is 8.36. The minimum Gasteiger partial charge on any atom is -0.496 e. The van der Waals surface area contributed by atoms with Gasteiger partial charge in [0.25, 0.3) is 5.91 Å². The predicted octanol–water partition coefficient (Wildman–Crippen LogP) is 4.57. The molecule has 0 atom stereocenters. The van der Waals surface area contributed by atoms with E-state index in [1.165, 1.54) is 0 Å². The van der Waals surface area contributed by atoms with Gasteiger partial charge in [0.1, 0.15) is 11.6 Å². The van der Waals surface area contributed by atoms with E-state index >= 15 is 0 Å². The van der Waals surface area contributed by atoms with Crippen LogP contribution in [0.3, 0.4) is 0 Å². The summed E-state index contributed by atoms with van der Waals surface area (Å²) in [6, 6.07) is 17.2. The first-order valence-corrected chi connectivity index (χ1v) is 8.76. The number of ether oxygens (including phenoxy) is 1.